The number of ether oxygens (including phenoxy) is 2. The van der Waals surface area contributed by atoms with Crippen molar-refractivity contribution in [3.8, 4) is 5.75 Å². The maximum atomic E-state index is 13.1. The molecule has 9 heteroatoms. The van der Waals surface area contributed by atoms with Gasteiger partial charge in [0.05, 0.1) is 20.0 Å². The molecule has 9 nitrogen and oxygen atoms in total. The van der Waals surface area contributed by atoms with Gasteiger partial charge in [-0.25, -0.2) is 0 Å². The summed E-state index contributed by atoms with van der Waals surface area (Å²) in [4.78, 5) is 51.8. The molecular weight excluding hydrogens is 438 g/mol. The van der Waals surface area contributed by atoms with Gasteiger partial charge in [0.25, 0.3) is 5.91 Å². The van der Waals surface area contributed by atoms with E-state index in [1.54, 1.807) is 12.1 Å². The highest BCUT2D eigenvalue weighted by Crippen LogP contribution is 2.34. The van der Waals surface area contributed by atoms with Gasteiger partial charge in [0.1, 0.15) is 25.0 Å². The molecule has 3 heterocycles. The Kier molecular flexibility index (Phi) is 4.58. The number of fused-ring (bicyclic) bond motifs is 1. The Morgan fingerprint density at radius 3 is 2.71 bits per heavy atom. The lowest BCUT2D eigenvalue weighted by Gasteiger charge is -2.29. The first-order valence-electron chi connectivity index (χ1n) is 13.5. The van der Waals surface area contributed by atoms with Gasteiger partial charge >= 0.3 is 0 Å². The molecule has 2 fully saturated rings. The molecule has 2 atom stereocenters. The average molecular weight is 469 g/mol. The zero-order chi connectivity index (χ0) is 28.0. The summed E-state index contributed by atoms with van der Waals surface area (Å²) in [6.45, 7) is -1.33. The zero-order valence-electron chi connectivity index (χ0n) is 23.2. The fraction of sp³-hybridized carbons (Fsp3) is 0.360. The second kappa shape index (κ2) is 9.26. The number of rotatable bonds is 6. The molecule has 0 aliphatic carbocycles. The lowest BCUT2D eigenvalue weighted by Crippen LogP contribution is -2.52. The molecule has 2 aromatic carbocycles. The predicted octanol–water partition coefficient (Wildman–Crippen LogP) is 1.39. The molecule has 0 bridgehead atoms. The number of nitrogens with one attached hydrogen (secondary N) is 1. The van der Waals surface area contributed by atoms with Crippen molar-refractivity contribution < 1.29 is 35.5 Å². The highest BCUT2D eigenvalue weighted by Gasteiger charge is 2.40. The van der Waals surface area contributed by atoms with Crippen LogP contribution in [-0.4, -0.2) is 59.2 Å². The molecule has 0 aromatic heterocycles. The standard InChI is InChI=1S/C25H25N3O6/c29-22-9-8-20(24(31)26-22)28-13-19-18(25(28)32)2-1-3-21(19)34-14-17-6-4-16(5-7-17)12-27-10-11-33-15-23(27)30/h1-7,20H,8-15H2,(H,26,29,31)/i4D,5D,6D,7D,14D. The number of carbonyl (C=O) groups is 4. The van der Waals surface area contributed by atoms with Crippen LogP contribution in [0.2, 0.25) is 0 Å². The van der Waals surface area contributed by atoms with Crippen LogP contribution in [0.15, 0.2) is 42.4 Å². The number of piperidine rings is 1. The van der Waals surface area contributed by atoms with Gasteiger partial charge in [-0.05, 0) is 29.7 Å². The Morgan fingerprint density at radius 2 is 1.94 bits per heavy atom. The molecule has 3 aliphatic rings. The zero-order valence-corrected chi connectivity index (χ0v) is 18.2. The summed E-state index contributed by atoms with van der Waals surface area (Å²) in [6, 6.07) is 2.14. The Bertz CT molecular complexity index is 1370. The van der Waals surface area contributed by atoms with E-state index in [1.807, 2.05) is 0 Å². The number of nitrogens with zero attached hydrogens (tertiary/aromatic N) is 2. The van der Waals surface area contributed by atoms with E-state index in [0.29, 0.717) is 12.2 Å². The third-order valence-corrected chi connectivity index (χ3v) is 5.97. The van der Waals surface area contributed by atoms with Crippen LogP contribution in [0.5, 0.6) is 5.75 Å². The minimum absolute atomic E-state index is 0.00467. The number of hydrogen-bond acceptors (Lipinski definition) is 6. The lowest BCUT2D eigenvalue weighted by atomic mass is 10.0. The van der Waals surface area contributed by atoms with E-state index in [4.69, 9.17) is 16.3 Å². The topological polar surface area (TPSA) is 105 Å². The highest BCUT2D eigenvalue weighted by atomic mass is 16.5. The molecular formula is C25H25N3O6. The maximum Gasteiger partial charge on any atom is 0.255 e. The predicted molar refractivity (Wildman–Crippen MR) is 119 cm³/mol. The summed E-state index contributed by atoms with van der Waals surface area (Å²) < 4.78 is 53.3. The number of carbonyl (C=O) groups excluding carboxylic acids is 4. The van der Waals surface area contributed by atoms with Crippen molar-refractivity contribution in [1.29, 1.82) is 0 Å². The van der Waals surface area contributed by atoms with Gasteiger partial charge in [0.2, 0.25) is 17.7 Å². The molecule has 34 heavy (non-hydrogen) atoms. The normalized spacial score (nSPS) is 23.4. The maximum absolute atomic E-state index is 13.1. The third-order valence-electron chi connectivity index (χ3n) is 5.97. The first kappa shape index (κ1) is 16.8. The number of amides is 4. The van der Waals surface area contributed by atoms with Crippen molar-refractivity contribution in [2.24, 2.45) is 0 Å². The molecule has 1 N–H and O–H groups in total. The van der Waals surface area contributed by atoms with E-state index in [-0.39, 0.29) is 79.5 Å². The second-order valence-electron chi connectivity index (χ2n) is 8.18. The van der Waals surface area contributed by atoms with Gasteiger partial charge in [-0.3, -0.25) is 24.5 Å². The molecule has 3 aliphatic heterocycles. The van der Waals surface area contributed by atoms with Gasteiger partial charge in [0, 0.05) is 30.6 Å². The van der Waals surface area contributed by atoms with E-state index in [0.717, 1.165) is 0 Å². The van der Waals surface area contributed by atoms with Gasteiger partial charge < -0.3 is 19.3 Å². The summed E-state index contributed by atoms with van der Waals surface area (Å²) in [5, 5.41) is 2.24. The summed E-state index contributed by atoms with van der Waals surface area (Å²) >= 11 is 0. The highest BCUT2D eigenvalue weighted by molar-refractivity contribution is 6.05. The number of imide groups is 1. The van der Waals surface area contributed by atoms with Crippen molar-refractivity contribution in [1.82, 2.24) is 15.1 Å². The van der Waals surface area contributed by atoms with E-state index in [1.165, 1.54) is 15.9 Å². The van der Waals surface area contributed by atoms with Gasteiger partial charge in [-0.15, -0.1) is 0 Å². The number of morpholine rings is 1. The van der Waals surface area contributed by atoms with Crippen LogP contribution in [0.3, 0.4) is 0 Å². The van der Waals surface area contributed by atoms with Crippen LogP contribution in [0.4, 0.5) is 0 Å². The fourth-order valence-corrected chi connectivity index (χ4v) is 4.18. The Hall–Kier alpha value is -3.72. The van der Waals surface area contributed by atoms with E-state index >= 15 is 0 Å². The fourth-order valence-electron chi connectivity index (χ4n) is 4.18. The second-order valence-corrected chi connectivity index (χ2v) is 8.18. The van der Waals surface area contributed by atoms with Gasteiger partial charge in [-0.1, -0.05) is 30.2 Å². The molecule has 2 saturated heterocycles. The van der Waals surface area contributed by atoms with Gasteiger partial charge in [-0.2, -0.15) is 0 Å². The van der Waals surface area contributed by atoms with Gasteiger partial charge in [0.15, 0.2) is 0 Å². The van der Waals surface area contributed by atoms with Crippen LogP contribution in [0.25, 0.3) is 0 Å². The minimum atomic E-state index is -1.66. The molecule has 0 saturated carbocycles. The first-order valence-corrected chi connectivity index (χ1v) is 10.9. The van der Waals surface area contributed by atoms with Crippen molar-refractivity contribution in [2.75, 3.05) is 19.8 Å². The molecule has 2 unspecified atom stereocenters. The molecule has 176 valence electrons. The van der Waals surface area contributed by atoms with Crippen molar-refractivity contribution in [3.63, 3.8) is 0 Å². The van der Waals surface area contributed by atoms with Crippen LogP contribution < -0.4 is 10.1 Å². The largest absolute Gasteiger partial charge is 0.489 e. The van der Waals surface area contributed by atoms with Crippen LogP contribution in [-0.2, 0) is 38.8 Å². The Morgan fingerprint density at radius 1 is 1.15 bits per heavy atom. The van der Waals surface area contributed by atoms with E-state index < -0.39 is 42.4 Å². The van der Waals surface area contributed by atoms with E-state index in [2.05, 4.69) is 5.32 Å². The summed E-state index contributed by atoms with van der Waals surface area (Å²) in [5.74, 6) is -1.56. The minimum Gasteiger partial charge on any atom is -0.489 e. The summed E-state index contributed by atoms with van der Waals surface area (Å²) in [5.41, 5.74) is 0.435. The first-order chi connectivity index (χ1) is 18.6. The molecule has 2 aromatic rings. The van der Waals surface area contributed by atoms with Crippen molar-refractivity contribution in [3.05, 3.63) is 64.6 Å². The lowest BCUT2D eigenvalue weighted by molar-refractivity contribution is -0.143. The van der Waals surface area contributed by atoms with Crippen LogP contribution in [0, 0.1) is 0 Å². The number of hydrogen-bond donors (Lipinski definition) is 1. The third kappa shape index (κ3) is 4.38. The average Bonchev–Trinajstić information content (AvgIpc) is 3.23. The summed E-state index contributed by atoms with van der Waals surface area (Å²) in [6.07, 6.45) is 0.293. The number of benzene rings is 2. The molecule has 0 radical (unpaired) electrons. The monoisotopic (exact) mass is 468 g/mol. The van der Waals surface area contributed by atoms with Crippen LogP contribution in [0.1, 0.15) is 46.7 Å². The van der Waals surface area contributed by atoms with Crippen molar-refractivity contribution in [2.45, 2.75) is 38.6 Å². The molecule has 4 amide bonds. The van der Waals surface area contributed by atoms with E-state index in [9.17, 15) is 19.2 Å². The Labute approximate surface area is 203 Å². The molecule has 5 rings (SSSR count). The quantitative estimate of drug-likeness (QED) is 0.643. The van der Waals surface area contributed by atoms with Crippen molar-refractivity contribution >= 4 is 23.6 Å². The Balaban J connectivity index is 1.40. The SMILES string of the molecule is [2H]c1c([2H])c(C([2H])Oc2cccc3c2CN(C2CCC(=O)NC2=O)C3=O)c([2H])c([2H])c1CN1CCOCC1=O. The summed E-state index contributed by atoms with van der Waals surface area (Å²) in [7, 11) is 0. The van der Waals surface area contributed by atoms with Crippen LogP contribution >= 0.6 is 0 Å². The smallest absolute Gasteiger partial charge is 0.255 e. The molecule has 0 spiro atoms.